The summed E-state index contributed by atoms with van der Waals surface area (Å²) < 4.78 is 7.24. The van der Waals surface area contributed by atoms with Crippen molar-refractivity contribution < 1.29 is 14.6 Å². The van der Waals surface area contributed by atoms with Crippen LogP contribution in [0.4, 0.5) is 5.82 Å². The van der Waals surface area contributed by atoms with E-state index in [1.54, 1.807) is 18.7 Å². The van der Waals surface area contributed by atoms with E-state index in [9.17, 15) is 9.90 Å². The van der Waals surface area contributed by atoms with Gasteiger partial charge in [-0.05, 0) is 26.7 Å². The Morgan fingerprint density at radius 1 is 1.67 bits per heavy atom. The number of nitrogens with zero attached hydrogens (tertiary/aromatic N) is 2. The maximum absolute atomic E-state index is 11.2. The molecular formula is C12H19N3O3. The SMILES string of the molecule is Cc1nn(C)c(NCC2(C)CCCO2)c1C(=O)O. The topological polar surface area (TPSA) is 76.4 Å². The van der Waals surface area contributed by atoms with Gasteiger partial charge in [-0.3, -0.25) is 4.68 Å². The first-order chi connectivity index (χ1) is 8.43. The molecule has 1 aliphatic rings. The summed E-state index contributed by atoms with van der Waals surface area (Å²) in [7, 11) is 1.74. The lowest BCUT2D eigenvalue weighted by Gasteiger charge is -2.24. The summed E-state index contributed by atoms with van der Waals surface area (Å²) in [5.41, 5.74) is 0.539. The second-order valence-corrected chi connectivity index (χ2v) is 4.99. The third-order valence-corrected chi connectivity index (χ3v) is 3.37. The normalized spacial score (nSPS) is 23.3. The van der Waals surface area contributed by atoms with Gasteiger partial charge in [-0.2, -0.15) is 5.10 Å². The minimum Gasteiger partial charge on any atom is -0.477 e. The van der Waals surface area contributed by atoms with Gasteiger partial charge in [0.15, 0.2) is 0 Å². The lowest BCUT2D eigenvalue weighted by Crippen LogP contribution is -2.33. The second-order valence-electron chi connectivity index (χ2n) is 4.99. The molecule has 0 spiro atoms. The molecule has 2 rings (SSSR count). The van der Waals surface area contributed by atoms with Crippen LogP contribution < -0.4 is 5.32 Å². The first-order valence-electron chi connectivity index (χ1n) is 6.08. The number of carboxylic acid groups (broad SMARTS) is 1. The minimum absolute atomic E-state index is 0.214. The van der Waals surface area contributed by atoms with E-state index in [1.807, 2.05) is 6.92 Å². The summed E-state index contributed by atoms with van der Waals surface area (Å²) in [5, 5.41) is 16.5. The third-order valence-electron chi connectivity index (χ3n) is 3.37. The van der Waals surface area contributed by atoms with Crippen LogP contribution >= 0.6 is 0 Å². The zero-order chi connectivity index (χ0) is 13.3. The molecule has 0 aromatic carbocycles. The Balaban J connectivity index is 2.16. The molecule has 1 unspecified atom stereocenters. The molecule has 2 heterocycles. The summed E-state index contributed by atoms with van der Waals surface area (Å²) in [4.78, 5) is 11.2. The molecule has 1 fully saturated rings. The van der Waals surface area contributed by atoms with Crippen LogP contribution in [0.1, 0.15) is 35.8 Å². The molecule has 0 radical (unpaired) electrons. The molecule has 0 saturated carbocycles. The number of hydrogen-bond acceptors (Lipinski definition) is 4. The zero-order valence-corrected chi connectivity index (χ0v) is 11.0. The first-order valence-corrected chi connectivity index (χ1v) is 6.08. The number of hydrogen-bond donors (Lipinski definition) is 2. The Hall–Kier alpha value is -1.56. The molecule has 0 bridgehead atoms. The zero-order valence-electron chi connectivity index (χ0n) is 11.0. The van der Waals surface area contributed by atoms with E-state index in [1.165, 1.54) is 0 Å². The monoisotopic (exact) mass is 253 g/mol. The van der Waals surface area contributed by atoms with Gasteiger partial charge < -0.3 is 15.2 Å². The molecule has 6 heteroatoms. The fourth-order valence-electron chi connectivity index (χ4n) is 2.36. The Morgan fingerprint density at radius 2 is 2.39 bits per heavy atom. The van der Waals surface area contributed by atoms with Crippen molar-refractivity contribution in [3.05, 3.63) is 11.3 Å². The van der Waals surface area contributed by atoms with E-state index in [0.717, 1.165) is 19.4 Å². The Morgan fingerprint density at radius 3 is 2.94 bits per heavy atom. The van der Waals surface area contributed by atoms with Crippen LogP contribution in [0, 0.1) is 6.92 Å². The van der Waals surface area contributed by atoms with Crippen molar-refractivity contribution in [2.45, 2.75) is 32.3 Å². The van der Waals surface area contributed by atoms with E-state index in [2.05, 4.69) is 10.4 Å². The smallest absolute Gasteiger partial charge is 0.341 e. The van der Waals surface area contributed by atoms with Crippen molar-refractivity contribution in [1.82, 2.24) is 9.78 Å². The van der Waals surface area contributed by atoms with E-state index < -0.39 is 5.97 Å². The van der Waals surface area contributed by atoms with Crippen LogP contribution in [0.2, 0.25) is 0 Å². The number of nitrogens with one attached hydrogen (secondary N) is 1. The quantitative estimate of drug-likeness (QED) is 0.848. The highest BCUT2D eigenvalue weighted by atomic mass is 16.5. The largest absolute Gasteiger partial charge is 0.477 e. The van der Waals surface area contributed by atoms with Crippen LogP contribution in [-0.2, 0) is 11.8 Å². The predicted molar refractivity (Wildman–Crippen MR) is 67.0 cm³/mol. The van der Waals surface area contributed by atoms with Crippen molar-refractivity contribution in [1.29, 1.82) is 0 Å². The number of carbonyl (C=O) groups is 1. The number of rotatable bonds is 4. The molecule has 0 amide bonds. The summed E-state index contributed by atoms with van der Waals surface area (Å²) in [6, 6.07) is 0. The maximum Gasteiger partial charge on any atom is 0.341 e. The van der Waals surface area contributed by atoms with Crippen LogP contribution in [0.15, 0.2) is 0 Å². The predicted octanol–water partition coefficient (Wildman–Crippen LogP) is 1.41. The molecule has 2 N–H and O–H groups in total. The van der Waals surface area contributed by atoms with Crippen molar-refractivity contribution in [3.63, 3.8) is 0 Å². The molecule has 1 aromatic rings. The van der Waals surface area contributed by atoms with Gasteiger partial charge in [0.2, 0.25) is 0 Å². The summed E-state index contributed by atoms with van der Waals surface area (Å²) in [6.07, 6.45) is 2.04. The molecular weight excluding hydrogens is 234 g/mol. The molecule has 6 nitrogen and oxygen atoms in total. The van der Waals surface area contributed by atoms with Gasteiger partial charge in [-0.1, -0.05) is 0 Å². The summed E-state index contributed by atoms with van der Waals surface area (Å²) in [6.45, 7) is 5.10. The van der Waals surface area contributed by atoms with Crippen molar-refractivity contribution in [2.24, 2.45) is 7.05 Å². The fourth-order valence-corrected chi connectivity index (χ4v) is 2.36. The number of ether oxygens (including phenoxy) is 1. The molecule has 1 atom stereocenters. The van der Waals surface area contributed by atoms with E-state index in [4.69, 9.17) is 4.74 Å². The average molecular weight is 253 g/mol. The number of aromatic nitrogens is 2. The lowest BCUT2D eigenvalue weighted by molar-refractivity contribution is 0.0313. The maximum atomic E-state index is 11.2. The van der Waals surface area contributed by atoms with Gasteiger partial charge in [-0.15, -0.1) is 0 Å². The van der Waals surface area contributed by atoms with Gasteiger partial charge in [0.25, 0.3) is 0 Å². The number of anilines is 1. The van der Waals surface area contributed by atoms with Gasteiger partial charge in [-0.25, -0.2) is 4.79 Å². The van der Waals surface area contributed by atoms with E-state index in [0.29, 0.717) is 18.1 Å². The molecule has 0 aliphatic carbocycles. The summed E-state index contributed by atoms with van der Waals surface area (Å²) in [5.74, 6) is -0.419. The highest BCUT2D eigenvalue weighted by Gasteiger charge is 2.30. The molecule has 100 valence electrons. The molecule has 1 saturated heterocycles. The minimum atomic E-state index is -0.958. The highest BCUT2D eigenvalue weighted by molar-refractivity contribution is 5.94. The fraction of sp³-hybridized carbons (Fsp3) is 0.667. The molecule has 1 aromatic heterocycles. The van der Waals surface area contributed by atoms with Crippen LogP contribution in [-0.4, -0.2) is 39.6 Å². The van der Waals surface area contributed by atoms with Gasteiger partial charge in [0.1, 0.15) is 11.4 Å². The molecule has 1 aliphatic heterocycles. The standard InChI is InChI=1S/C12H19N3O3/c1-8-9(11(16)17)10(15(3)14-8)13-7-12(2)5-4-6-18-12/h13H,4-7H2,1-3H3,(H,16,17). The van der Waals surface area contributed by atoms with Crippen molar-refractivity contribution in [2.75, 3.05) is 18.5 Å². The first kappa shape index (κ1) is 12.9. The van der Waals surface area contributed by atoms with Gasteiger partial charge in [0, 0.05) is 20.2 Å². The highest BCUT2D eigenvalue weighted by Crippen LogP contribution is 2.26. The Bertz CT molecular complexity index is 461. The number of aryl methyl sites for hydroxylation is 2. The van der Waals surface area contributed by atoms with Crippen molar-refractivity contribution in [3.8, 4) is 0 Å². The van der Waals surface area contributed by atoms with E-state index >= 15 is 0 Å². The van der Waals surface area contributed by atoms with Gasteiger partial charge in [0.05, 0.1) is 11.3 Å². The van der Waals surface area contributed by atoms with Crippen LogP contribution in [0.5, 0.6) is 0 Å². The lowest BCUT2D eigenvalue weighted by atomic mass is 10.0. The Kier molecular flexibility index (Phi) is 3.30. The van der Waals surface area contributed by atoms with Crippen LogP contribution in [0.3, 0.4) is 0 Å². The van der Waals surface area contributed by atoms with E-state index in [-0.39, 0.29) is 11.2 Å². The second kappa shape index (κ2) is 4.61. The summed E-state index contributed by atoms with van der Waals surface area (Å²) >= 11 is 0. The Labute approximate surface area is 106 Å². The average Bonchev–Trinajstić information content (AvgIpc) is 2.81. The molecule has 18 heavy (non-hydrogen) atoms. The van der Waals surface area contributed by atoms with Gasteiger partial charge >= 0.3 is 5.97 Å². The van der Waals surface area contributed by atoms with Crippen molar-refractivity contribution >= 4 is 11.8 Å². The number of carboxylic acids is 1. The van der Waals surface area contributed by atoms with Crippen LogP contribution in [0.25, 0.3) is 0 Å². The third kappa shape index (κ3) is 2.33. The number of aromatic carboxylic acids is 1.